The van der Waals surface area contributed by atoms with Gasteiger partial charge >= 0.3 is 5.97 Å². The highest BCUT2D eigenvalue weighted by atomic mass is 127. The molecule has 0 fully saturated rings. The van der Waals surface area contributed by atoms with Crippen LogP contribution in [-0.2, 0) is 4.79 Å². The highest BCUT2D eigenvalue weighted by Crippen LogP contribution is 2.28. The van der Waals surface area contributed by atoms with Gasteiger partial charge in [-0.15, -0.1) is 0 Å². The molecule has 0 aliphatic carbocycles. The first-order chi connectivity index (χ1) is 7.67. The number of aliphatic carboxylic acids is 1. The number of benzene rings is 1. The molecule has 16 heavy (non-hydrogen) atoms. The minimum atomic E-state index is -0.763. The Balaban J connectivity index is 2.83. The number of carboxylic acids is 1. The fourth-order valence-electron chi connectivity index (χ4n) is 1.57. The van der Waals surface area contributed by atoms with E-state index in [9.17, 15) is 4.79 Å². The molecular weight excluding hydrogens is 339 g/mol. The van der Waals surface area contributed by atoms with Crippen LogP contribution in [0.5, 0.6) is 5.75 Å². The molecule has 1 N–H and O–H groups in total. The van der Waals surface area contributed by atoms with E-state index in [0.717, 1.165) is 17.7 Å². The van der Waals surface area contributed by atoms with Crippen molar-refractivity contribution < 1.29 is 14.1 Å². The summed E-state index contributed by atoms with van der Waals surface area (Å²) >= 11 is 2.05. The van der Waals surface area contributed by atoms with Crippen LogP contribution < -0.4 is 4.18 Å². The third-order valence-electron chi connectivity index (χ3n) is 2.37. The summed E-state index contributed by atoms with van der Waals surface area (Å²) in [6, 6.07) is 7.61. The number of rotatable bonds is 6. The summed E-state index contributed by atoms with van der Waals surface area (Å²) in [5, 5.41) is 8.81. The summed E-state index contributed by atoms with van der Waals surface area (Å²) in [7, 11) is 1.25. The molecule has 3 nitrogen and oxygen atoms in total. The summed E-state index contributed by atoms with van der Waals surface area (Å²) in [6.07, 6.45) is 0.977. The molecule has 88 valence electrons. The SMILES string of the molecule is CCC(CC(=O)O)c1cccc(OSI)c1. The first-order valence-corrected chi connectivity index (χ1v) is 8.22. The van der Waals surface area contributed by atoms with Crippen LogP contribution >= 0.6 is 30.4 Å². The molecule has 1 atom stereocenters. The first kappa shape index (κ1) is 13.6. The molecule has 0 bridgehead atoms. The van der Waals surface area contributed by atoms with Crippen molar-refractivity contribution in [3.8, 4) is 5.75 Å². The molecule has 0 spiro atoms. The van der Waals surface area contributed by atoms with Gasteiger partial charge in [-0.05, 0) is 30.0 Å². The molecule has 1 aromatic rings. The van der Waals surface area contributed by atoms with Crippen molar-refractivity contribution in [2.45, 2.75) is 25.7 Å². The largest absolute Gasteiger partial charge is 0.481 e. The van der Waals surface area contributed by atoms with Crippen molar-refractivity contribution in [3.63, 3.8) is 0 Å². The average Bonchev–Trinajstić information content (AvgIpc) is 2.26. The predicted molar refractivity (Wildman–Crippen MR) is 74.0 cm³/mol. The number of carbonyl (C=O) groups is 1. The van der Waals surface area contributed by atoms with Gasteiger partial charge in [0.05, 0.1) is 6.42 Å². The lowest BCUT2D eigenvalue weighted by Crippen LogP contribution is -2.05. The van der Waals surface area contributed by atoms with Gasteiger partial charge in [-0.3, -0.25) is 4.79 Å². The van der Waals surface area contributed by atoms with E-state index in [4.69, 9.17) is 9.29 Å². The Morgan fingerprint density at radius 1 is 1.62 bits per heavy atom. The quantitative estimate of drug-likeness (QED) is 0.620. The number of carboxylic acid groups (broad SMARTS) is 1. The maximum Gasteiger partial charge on any atom is 0.303 e. The van der Waals surface area contributed by atoms with Gasteiger partial charge in [-0.1, -0.05) is 19.1 Å². The Kier molecular flexibility index (Phi) is 5.97. The number of hydrogen-bond donors (Lipinski definition) is 1. The van der Waals surface area contributed by atoms with Crippen LogP contribution in [0.1, 0.15) is 31.2 Å². The molecule has 0 heterocycles. The van der Waals surface area contributed by atoms with Crippen LogP contribution in [0.15, 0.2) is 24.3 Å². The van der Waals surface area contributed by atoms with Crippen LogP contribution in [0.3, 0.4) is 0 Å². The molecule has 0 aliphatic rings. The first-order valence-electron chi connectivity index (χ1n) is 4.94. The van der Waals surface area contributed by atoms with E-state index in [1.807, 2.05) is 52.4 Å². The van der Waals surface area contributed by atoms with Crippen LogP contribution in [-0.4, -0.2) is 11.1 Å². The summed E-state index contributed by atoms with van der Waals surface area (Å²) < 4.78 is 5.30. The zero-order valence-corrected chi connectivity index (χ0v) is 11.8. The zero-order valence-electron chi connectivity index (χ0n) is 8.85. The summed E-state index contributed by atoms with van der Waals surface area (Å²) in [4.78, 5) is 10.7. The summed E-state index contributed by atoms with van der Waals surface area (Å²) in [5.41, 5.74) is 1.02. The van der Waals surface area contributed by atoms with Crippen molar-refractivity contribution >= 4 is 36.4 Å². The van der Waals surface area contributed by atoms with E-state index >= 15 is 0 Å². The number of hydrogen-bond acceptors (Lipinski definition) is 3. The second-order valence-corrected chi connectivity index (χ2v) is 4.79. The van der Waals surface area contributed by atoms with Crippen LogP contribution in [0, 0.1) is 0 Å². The van der Waals surface area contributed by atoms with Crippen molar-refractivity contribution in [3.05, 3.63) is 29.8 Å². The van der Waals surface area contributed by atoms with Crippen molar-refractivity contribution in [1.82, 2.24) is 0 Å². The van der Waals surface area contributed by atoms with E-state index in [2.05, 4.69) is 0 Å². The molecule has 5 heteroatoms. The zero-order chi connectivity index (χ0) is 12.0. The number of halogens is 1. The van der Waals surface area contributed by atoms with E-state index < -0.39 is 5.97 Å². The lowest BCUT2D eigenvalue weighted by Gasteiger charge is -2.13. The monoisotopic (exact) mass is 352 g/mol. The molecule has 1 aromatic carbocycles. The van der Waals surface area contributed by atoms with Gasteiger partial charge in [0.1, 0.15) is 15.0 Å². The molecule has 0 aromatic heterocycles. The van der Waals surface area contributed by atoms with Crippen molar-refractivity contribution in [2.24, 2.45) is 0 Å². The fraction of sp³-hybridized carbons (Fsp3) is 0.364. The molecule has 0 amide bonds. The lowest BCUT2D eigenvalue weighted by molar-refractivity contribution is -0.137. The predicted octanol–water partition coefficient (Wildman–Crippen LogP) is 4.03. The Hall–Kier alpha value is -0.430. The Bertz CT molecular complexity index is 357. The fourth-order valence-corrected chi connectivity index (χ4v) is 2.36. The van der Waals surface area contributed by atoms with Gasteiger partial charge in [0, 0.05) is 21.2 Å². The molecule has 1 rings (SSSR count). The topological polar surface area (TPSA) is 46.5 Å². The van der Waals surface area contributed by atoms with Crippen molar-refractivity contribution in [1.29, 1.82) is 0 Å². The molecule has 1 unspecified atom stereocenters. The average molecular weight is 352 g/mol. The van der Waals surface area contributed by atoms with Gasteiger partial charge < -0.3 is 9.29 Å². The highest BCUT2D eigenvalue weighted by molar-refractivity contribution is 14.2. The normalized spacial score (nSPS) is 12.1. The Morgan fingerprint density at radius 2 is 2.38 bits per heavy atom. The lowest BCUT2D eigenvalue weighted by atomic mass is 9.93. The smallest absolute Gasteiger partial charge is 0.303 e. The molecule has 0 saturated carbocycles. The van der Waals surface area contributed by atoms with Crippen LogP contribution in [0.4, 0.5) is 0 Å². The Labute approximate surface area is 111 Å². The maximum absolute atomic E-state index is 10.7. The summed E-state index contributed by atoms with van der Waals surface area (Å²) in [6.45, 7) is 1.99. The minimum Gasteiger partial charge on any atom is -0.481 e. The molecule has 0 saturated heterocycles. The highest BCUT2D eigenvalue weighted by Gasteiger charge is 2.14. The van der Waals surface area contributed by atoms with Crippen molar-refractivity contribution in [2.75, 3.05) is 0 Å². The second-order valence-electron chi connectivity index (χ2n) is 3.42. The molecule has 0 aliphatic heterocycles. The summed E-state index contributed by atoms with van der Waals surface area (Å²) in [5.74, 6) is 0.0578. The standard InChI is InChI=1S/C11H13IO3S/c1-2-8(7-11(13)14)9-4-3-5-10(6-9)15-16-12/h3-6,8H,2,7H2,1H3,(H,13,14). The van der Waals surface area contributed by atoms with E-state index in [1.165, 1.54) is 9.21 Å². The van der Waals surface area contributed by atoms with E-state index in [0.29, 0.717) is 0 Å². The van der Waals surface area contributed by atoms with Crippen LogP contribution in [0.25, 0.3) is 0 Å². The van der Waals surface area contributed by atoms with E-state index in [-0.39, 0.29) is 12.3 Å². The van der Waals surface area contributed by atoms with Gasteiger partial charge in [0.25, 0.3) is 0 Å². The van der Waals surface area contributed by atoms with Gasteiger partial charge in [0.15, 0.2) is 0 Å². The maximum atomic E-state index is 10.7. The van der Waals surface area contributed by atoms with Gasteiger partial charge in [0.2, 0.25) is 0 Å². The van der Waals surface area contributed by atoms with Gasteiger partial charge in [-0.25, -0.2) is 0 Å². The second kappa shape index (κ2) is 7.01. The van der Waals surface area contributed by atoms with E-state index in [1.54, 1.807) is 0 Å². The minimum absolute atomic E-state index is 0.0558. The third kappa shape index (κ3) is 4.21. The Morgan fingerprint density at radius 3 is 2.94 bits per heavy atom. The van der Waals surface area contributed by atoms with Gasteiger partial charge in [-0.2, -0.15) is 0 Å². The van der Waals surface area contributed by atoms with Crippen LogP contribution in [0.2, 0.25) is 0 Å². The molecule has 0 radical (unpaired) electrons. The molecular formula is C11H13IO3S. The third-order valence-corrected chi connectivity index (χ3v) is 3.17.